The molecule has 660 valence electrons. The number of carbonyl (C=O) groups excluding carboxylic acids is 4. The van der Waals surface area contributed by atoms with Crippen molar-refractivity contribution in [2.24, 2.45) is 5.92 Å². The Bertz CT molecular complexity index is 2100. The molecular weight excluding hydrogens is 1440 g/mol. The summed E-state index contributed by atoms with van der Waals surface area (Å²) in [6.07, 6.45) is 80.8. The number of phosphoric acid groups is 2. The number of ether oxygens (including phenoxy) is 4. The first-order chi connectivity index (χ1) is 54.0. The van der Waals surface area contributed by atoms with Crippen molar-refractivity contribution in [2.75, 3.05) is 39.6 Å². The summed E-state index contributed by atoms with van der Waals surface area (Å²) in [6.45, 7) is 7.37. The lowest BCUT2D eigenvalue weighted by molar-refractivity contribution is -0.161. The Morgan fingerprint density at radius 3 is 0.613 bits per heavy atom. The Balaban J connectivity index is 5.22. The summed E-state index contributed by atoms with van der Waals surface area (Å²) in [6, 6.07) is 0. The van der Waals surface area contributed by atoms with Crippen LogP contribution in [0, 0.1) is 5.92 Å². The molecule has 0 amide bonds. The molecule has 111 heavy (non-hydrogen) atoms. The molecule has 0 aromatic rings. The highest BCUT2D eigenvalue weighted by Gasteiger charge is 2.31. The van der Waals surface area contributed by atoms with Gasteiger partial charge in [-0.2, -0.15) is 0 Å². The minimum Gasteiger partial charge on any atom is -0.462 e. The Morgan fingerprint density at radius 1 is 0.243 bits per heavy atom. The predicted molar refractivity (Wildman–Crippen MR) is 460 cm³/mol. The number of unbranched alkanes of at least 4 members (excludes halogenated alkanes) is 64. The van der Waals surface area contributed by atoms with E-state index in [9.17, 15) is 43.2 Å². The van der Waals surface area contributed by atoms with E-state index >= 15 is 0 Å². The van der Waals surface area contributed by atoms with Crippen LogP contribution in [0.1, 0.15) is 503 Å². The molecule has 0 radical (unpaired) electrons. The minimum atomic E-state index is -4.97. The van der Waals surface area contributed by atoms with Crippen LogP contribution >= 0.6 is 15.6 Å². The van der Waals surface area contributed by atoms with E-state index in [-0.39, 0.29) is 25.7 Å². The van der Waals surface area contributed by atoms with E-state index in [1.807, 2.05) is 0 Å². The number of esters is 4. The van der Waals surface area contributed by atoms with Gasteiger partial charge in [0.15, 0.2) is 12.2 Å². The van der Waals surface area contributed by atoms with Crippen LogP contribution in [0.4, 0.5) is 0 Å². The molecule has 0 saturated heterocycles. The summed E-state index contributed by atoms with van der Waals surface area (Å²) >= 11 is 0. The van der Waals surface area contributed by atoms with Gasteiger partial charge in [-0.05, 0) is 31.6 Å². The zero-order valence-corrected chi connectivity index (χ0v) is 74.9. The number of phosphoric ester groups is 2. The lowest BCUT2D eigenvalue weighted by Gasteiger charge is -2.21. The zero-order valence-electron chi connectivity index (χ0n) is 73.1. The molecule has 0 aromatic heterocycles. The van der Waals surface area contributed by atoms with Crippen molar-refractivity contribution in [3.8, 4) is 0 Å². The van der Waals surface area contributed by atoms with Gasteiger partial charge >= 0.3 is 39.5 Å². The molecule has 0 saturated carbocycles. The molecule has 2 unspecified atom stereocenters. The van der Waals surface area contributed by atoms with Gasteiger partial charge in [0, 0.05) is 25.7 Å². The topological polar surface area (TPSA) is 237 Å². The number of rotatable bonds is 92. The van der Waals surface area contributed by atoms with Gasteiger partial charge in [-0.1, -0.05) is 452 Å². The second kappa shape index (κ2) is 84.5. The maximum atomic E-state index is 13.2. The third-order valence-corrected chi connectivity index (χ3v) is 23.7. The number of hydrogen-bond acceptors (Lipinski definition) is 15. The Kier molecular flexibility index (Phi) is 83.0. The molecule has 19 heteroatoms. The lowest BCUT2D eigenvalue weighted by atomic mass is 10.0. The van der Waals surface area contributed by atoms with Gasteiger partial charge in [0.05, 0.1) is 26.4 Å². The summed E-state index contributed by atoms with van der Waals surface area (Å²) in [7, 11) is -9.94. The SMILES string of the molecule is CCCCCCCCCCCCCCCCCCCCCCC(=O)OC[C@H](COP(=O)(O)OC[C@@H](O)COP(=O)(O)OC[C@@H](COC(=O)CCCCCCCCCCC(C)C)OC(=O)CCCCCCCCCCCCCCCCCCCCCC)OC(=O)CCCCCCCCCCCCCCCCCCCCCC. The summed E-state index contributed by atoms with van der Waals surface area (Å²) < 4.78 is 69.1. The first-order valence-corrected chi connectivity index (χ1v) is 50.6. The fourth-order valence-electron chi connectivity index (χ4n) is 14.5. The third-order valence-electron chi connectivity index (χ3n) is 21.8. The van der Waals surface area contributed by atoms with Crippen molar-refractivity contribution in [3.05, 3.63) is 0 Å². The molecule has 0 aliphatic heterocycles. The number of carbonyl (C=O) groups is 4. The molecule has 0 spiro atoms. The molecular formula is C92H180O17P2. The van der Waals surface area contributed by atoms with Crippen LogP contribution in [-0.4, -0.2) is 96.7 Å². The van der Waals surface area contributed by atoms with Gasteiger partial charge in [0.25, 0.3) is 0 Å². The predicted octanol–water partition coefficient (Wildman–Crippen LogP) is 28.7. The van der Waals surface area contributed by atoms with Crippen molar-refractivity contribution in [1.29, 1.82) is 0 Å². The van der Waals surface area contributed by atoms with Gasteiger partial charge < -0.3 is 33.8 Å². The second-order valence-corrected chi connectivity index (χ2v) is 36.4. The lowest BCUT2D eigenvalue weighted by Crippen LogP contribution is -2.30. The molecule has 0 rings (SSSR count). The molecule has 0 aliphatic carbocycles. The van der Waals surface area contributed by atoms with Crippen molar-refractivity contribution < 1.29 is 80.2 Å². The van der Waals surface area contributed by atoms with Crippen molar-refractivity contribution in [1.82, 2.24) is 0 Å². The highest BCUT2D eigenvalue weighted by atomic mass is 31.2. The molecule has 0 bridgehead atoms. The van der Waals surface area contributed by atoms with E-state index in [1.165, 1.54) is 327 Å². The van der Waals surface area contributed by atoms with E-state index in [0.717, 1.165) is 95.8 Å². The minimum absolute atomic E-state index is 0.109. The van der Waals surface area contributed by atoms with E-state index in [2.05, 4.69) is 34.6 Å². The normalized spacial score (nSPS) is 13.7. The van der Waals surface area contributed by atoms with Crippen LogP contribution in [0.5, 0.6) is 0 Å². The van der Waals surface area contributed by atoms with Crippen LogP contribution in [0.3, 0.4) is 0 Å². The molecule has 0 heterocycles. The zero-order chi connectivity index (χ0) is 81.1. The van der Waals surface area contributed by atoms with Crippen molar-refractivity contribution in [2.45, 2.75) is 522 Å². The fraction of sp³-hybridized carbons (Fsp3) is 0.957. The summed E-state index contributed by atoms with van der Waals surface area (Å²) in [4.78, 5) is 73.4. The van der Waals surface area contributed by atoms with Crippen LogP contribution in [0.15, 0.2) is 0 Å². The maximum absolute atomic E-state index is 13.2. The van der Waals surface area contributed by atoms with Gasteiger partial charge in [-0.3, -0.25) is 37.3 Å². The number of hydrogen-bond donors (Lipinski definition) is 3. The summed E-state index contributed by atoms with van der Waals surface area (Å²) in [5, 5.41) is 10.7. The Labute approximate surface area is 683 Å². The number of aliphatic hydroxyl groups excluding tert-OH is 1. The third kappa shape index (κ3) is 85.8. The van der Waals surface area contributed by atoms with Crippen LogP contribution in [0.25, 0.3) is 0 Å². The summed E-state index contributed by atoms with van der Waals surface area (Å²) in [5.74, 6) is -1.37. The number of aliphatic hydroxyl groups is 1. The Hall–Kier alpha value is -1.94. The maximum Gasteiger partial charge on any atom is 0.472 e. The van der Waals surface area contributed by atoms with E-state index in [1.54, 1.807) is 0 Å². The molecule has 0 aromatic carbocycles. The molecule has 3 N–H and O–H groups in total. The molecule has 0 aliphatic rings. The average Bonchev–Trinajstić information content (AvgIpc) is 0.899. The van der Waals surface area contributed by atoms with Gasteiger partial charge in [-0.15, -0.1) is 0 Å². The molecule has 17 nitrogen and oxygen atoms in total. The average molecular weight is 1620 g/mol. The van der Waals surface area contributed by atoms with Gasteiger partial charge in [0.1, 0.15) is 19.3 Å². The van der Waals surface area contributed by atoms with Crippen LogP contribution in [-0.2, 0) is 65.4 Å². The van der Waals surface area contributed by atoms with E-state index < -0.39 is 97.5 Å². The Morgan fingerprint density at radius 2 is 0.414 bits per heavy atom. The van der Waals surface area contributed by atoms with Gasteiger partial charge in [-0.25, -0.2) is 9.13 Å². The summed E-state index contributed by atoms with van der Waals surface area (Å²) in [5.41, 5.74) is 0. The van der Waals surface area contributed by atoms with E-state index in [4.69, 9.17) is 37.0 Å². The van der Waals surface area contributed by atoms with Gasteiger partial charge in [0.2, 0.25) is 0 Å². The standard InChI is InChI=1S/C92H180O17P2/c1-6-9-12-15-18-21-24-27-30-33-36-39-42-45-48-51-54-60-65-70-75-89(94)102-81-87(108-91(96)77-72-67-62-55-52-49-46-43-40-37-34-31-28-25-22-19-16-13-10-7-2)83-106-110(98,99)104-79-86(93)80-105-111(100,101)107-84-88(82-103-90(95)76-71-66-61-58-57-59-64-69-74-85(4)5)109-92(97)78-73-68-63-56-53-50-47-44-41-38-35-32-29-26-23-20-17-14-11-8-3/h85-88,93H,6-84H2,1-5H3,(H,98,99)(H,100,101)/t86-,87-,88-/m1/s1. The second-order valence-electron chi connectivity index (χ2n) is 33.5. The monoisotopic (exact) mass is 1620 g/mol. The highest BCUT2D eigenvalue weighted by molar-refractivity contribution is 7.47. The van der Waals surface area contributed by atoms with E-state index in [0.29, 0.717) is 25.7 Å². The van der Waals surface area contributed by atoms with Crippen molar-refractivity contribution in [3.63, 3.8) is 0 Å². The first kappa shape index (κ1) is 109. The highest BCUT2D eigenvalue weighted by Crippen LogP contribution is 2.45. The van der Waals surface area contributed by atoms with Crippen LogP contribution in [0.2, 0.25) is 0 Å². The smallest absolute Gasteiger partial charge is 0.462 e. The van der Waals surface area contributed by atoms with Crippen LogP contribution < -0.4 is 0 Å². The fourth-order valence-corrected chi connectivity index (χ4v) is 16.1. The van der Waals surface area contributed by atoms with Crippen molar-refractivity contribution >= 4 is 39.5 Å². The first-order valence-electron chi connectivity index (χ1n) is 47.6. The molecule has 5 atom stereocenters. The largest absolute Gasteiger partial charge is 0.472 e. The molecule has 0 fully saturated rings. The quantitative estimate of drug-likeness (QED) is 0.0222.